The molecular weight excluding hydrogens is 392 g/mol. The fourth-order valence-corrected chi connectivity index (χ4v) is 7.87. The molecule has 2 unspecified atom stereocenters. The van der Waals surface area contributed by atoms with Gasteiger partial charge in [0, 0.05) is 17.9 Å². The molecular formula is C22H30O6S. The van der Waals surface area contributed by atoms with Crippen LogP contribution in [-0.2, 0) is 23.9 Å². The van der Waals surface area contributed by atoms with Crippen LogP contribution in [0.25, 0.3) is 0 Å². The van der Waals surface area contributed by atoms with Crippen molar-refractivity contribution in [2.24, 2.45) is 34.0 Å². The molecule has 7 heteroatoms. The Morgan fingerprint density at radius 1 is 1.14 bits per heavy atom. The van der Waals surface area contributed by atoms with Gasteiger partial charge in [0.1, 0.15) is 0 Å². The summed E-state index contributed by atoms with van der Waals surface area (Å²) in [6.07, 6.45) is 5.07. The number of carbonyl (C=O) groups excluding carboxylic acids is 2. The Labute approximate surface area is 172 Å². The SMILES string of the molecule is C=C1C(=O)[C@@]23CC[C@@H](CC2[C@]2(CO)CCC[C@@](C)(COS(C)(=O)=O)C12)C(=C)C3=O. The van der Waals surface area contributed by atoms with Crippen LogP contribution in [0, 0.1) is 34.0 Å². The normalized spacial score (nSPS) is 44.6. The highest BCUT2D eigenvalue weighted by Gasteiger charge is 2.72. The monoisotopic (exact) mass is 422 g/mol. The summed E-state index contributed by atoms with van der Waals surface area (Å²) in [5.41, 5.74) is -1.60. The summed E-state index contributed by atoms with van der Waals surface area (Å²) >= 11 is 0. The third-order valence-electron chi connectivity index (χ3n) is 8.49. The van der Waals surface area contributed by atoms with Gasteiger partial charge in [0.25, 0.3) is 10.1 Å². The molecule has 0 aromatic rings. The van der Waals surface area contributed by atoms with Gasteiger partial charge in [-0.15, -0.1) is 0 Å². The second-order valence-electron chi connectivity index (χ2n) is 10.0. The minimum atomic E-state index is -3.65. The van der Waals surface area contributed by atoms with E-state index in [-0.39, 0.29) is 36.6 Å². The van der Waals surface area contributed by atoms with E-state index in [1.807, 2.05) is 6.92 Å². The zero-order chi connectivity index (χ0) is 21.4. The Morgan fingerprint density at radius 2 is 1.79 bits per heavy atom. The summed E-state index contributed by atoms with van der Waals surface area (Å²) in [4.78, 5) is 27.0. The van der Waals surface area contributed by atoms with Crippen LogP contribution in [0.5, 0.6) is 0 Å². The molecule has 0 aliphatic heterocycles. The zero-order valence-corrected chi connectivity index (χ0v) is 18.0. The van der Waals surface area contributed by atoms with E-state index in [0.29, 0.717) is 36.8 Å². The van der Waals surface area contributed by atoms with E-state index in [4.69, 9.17) is 4.18 Å². The Hall–Kier alpha value is -1.31. The first-order valence-corrected chi connectivity index (χ1v) is 12.2. The molecule has 0 amide bonds. The van der Waals surface area contributed by atoms with Gasteiger partial charge < -0.3 is 5.11 Å². The minimum Gasteiger partial charge on any atom is -0.396 e. The lowest BCUT2D eigenvalue weighted by molar-refractivity contribution is -0.186. The number of aliphatic hydroxyl groups excluding tert-OH is 1. The van der Waals surface area contributed by atoms with E-state index >= 15 is 0 Å². The first-order chi connectivity index (χ1) is 13.4. The summed E-state index contributed by atoms with van der Waals surface area (Å²) in [6.45, 7) is 9.81. The van der Waals surface area contributed by atoms with Crippen molar-refractivity contribution in [2.75, 3.05) is 19.5 Å². The lowest BCUT2D eigenvalue weighted by Crippen LogP contribution is -2.69. The molecule has 0 saturated heterocycles. The van der Waals surface area contributed by atoms with Crippen LogP contribution in [-0.4, -0.2) is 44.6 Å². The summed E-state index contributed by atoms with van der Waals surface area (Å²) in [5, 5.41) is 10.7. The molecule has 6 nitrogen and oxygen atoms in total. The van der Waals surface area contributed by atoms with Gasteiger partial charge in [0.2, 0.25) is 0 Å². The summed E-state index contributed by atoms with van der Waals surface area (Å²) in [5.74, 6) is -1.02. The van der Waals surface area contributed by atoms with Crippen molar-refractivity contribution >= 4 is 21.7 Å². The summed E-state index contributed by atoms with van der Waals surface area (Å²) < 4.78 is 28.5. The van der Waals surface area contributed by atoms with Crippen molar-refractivity contribution in [3.8, 4) is 0 Å². The third-order valence-corrected chi connectivity index (χ3v) is 9.04. The molecule has 160 valence electrons. The molecule has 0 heterocycles. The van der Waals surface area contributed by atoms with E-state index < -0.39 is 32.3 Å². The number of hydrogen-bond acceptors (Lipinski definition) is 6. The molecule has 5 aliphatic carbocycles. The van der Waals surface area contributed by atoms with E-state index in [1.165, 1.54) is 0 Å². The number of aliphatic hydroxyl groups is 1. The minimum absolute atomic E-state index is 0.0538. The van der Waals surface area contributed by atoms with Crippen molar-refractivity contribution in [1.82, 2.24) is 0 Å². The predicted octanol–water partition coefficient (Wildman–Crippen LogP) is 2.43. The molecule has 0 radical (unpaired) electrons. The van der Waals surface area contributed by atoms with Gasteiger partial charge in [0.15, 0.2) is 11.6 Å². The highest BCUT2D eigenvalue weighted by molar-refractivity contribution is 7.85. The fourth-order valence-electron chi connectivity index (χ4n) is 7.38. The second kappa shape index (κ2) is 6.34. The van der Waals surface area contributed by atoms with Crippen LogP contribution in [0.1, 0.15) is 45.4 Å². The van der Waals surface area contributed by atoms with Crippen LogP contribution in [0.2, 0.25) is 0 Å². The molecule has 6 atom stereocenters. The van der Waals surface area contributed by atoms with Crippen LogP contribution in [0.15, 0.2) is 24.3 Å². The van der Waals surface area contributed by atoms with E-state index in [1.54, 1.807) is 0 Å². The Morgan fingerprint density at radius 3 is 2.41 bits per heavy atom. The van der Waals surface area contributed by atoms with Crippen molar-refractivity contribution < 1.29 is 27.3 Å². The molecule has 29 heavy (non-hydrogen) atoms. The topological polar surface area (TPSA) is 97.7 Å². The molecule has 5 rings (SSSR count). The van der Waals surface area contributed by atoms with Crippen molar-refractivity contribution in [3.05, 3.63) is 24.3 Å². The lowest BCUT2D eigenvalue weighted by atomic mass is 9.35. The molecule has 0 aromatic carbocycles. The maximum atomic E-state index is 13.7. The van der Waals surface area contributed by atoms with Crippen LogP contribution in [0.4, 0.5) is 0 Å². The number of hydrogen-bond donors (Lipinski definition) is 1. The molecule has 5 aliphatic rings. The van der Waals surface area contributed by atoms with Gasteiger partial charge >= 0.3 is 0 Å². The number of fused-ring (bicyclic) bond motifs is 3. The zero-order valence-electron chi connectivity index (χ0n) is 17.2. The van der Waals surface area contributed by atoms with Crippen molar-refractivity contribution in [2.45, 2.75) is 45.4 Å². The Bertz CT molecular complexity index is 920. The molecule has 1 spiro atoms. The number of allylic oxidation sites excluding steroid dienone is 2. The lowest BCUT2D eigenvalue weighted by Gasteiger charge is -2.67. The largest absolute Gasteiger partial charge is 0.396 e. The van der Waals surface area contributed by atoms with Crippen LogP contribution in [0.3, 0.4) is 0 Å². The molecule has 5 fully saturated rings. The Balaban J connectivity index is 1.85. The standard InChI is InChI=1S/C22H30O6S/c1-13-15-6-9-22(18(13)24)16(10-15)21(11-23)8-5-7-20(3,12-28-29(4,26)27)17(21)14(2)19(22)25/h15-17,23H,1-2,5-12H2,3-4H3/t15-,16?,17?,20-,21+,22-/m0/s1. The number of carbonyl (C=O) groups is 2. The van der Waals surface area contributed by atoms with E-state index in [0.717, 1.165) is 19.1 Å². The van der Waals surface area contributed by atoms with Gasteiger partial charge in [-0.1, -0.05) is 26.5 Å². The smallest absolute Gasteiger partial charge is 0.264 e. The van der Waals surface area contributed by atoms with Gasteiger partial charge in [-0.25, -0.2) is 0 Å². The van der Waals surface area contributed by atoms with Gasteiger partial charge in [-0.3, -0.25) is 13.8 Å². The molecule has 2 bridgehead atoms. The first kappa shape index (κ1) is 20.9. The predicted molar refractivity (Wildman–Crippen MR) is 107 cm³/mol. The van der Waals surface area contributed by atoms with Crippen LogP contribution >= 0.6 is 0 Å². The van der Waals surface area contributed by atoms with E-state index in [9.17, 15) is 23.1 Å². The van der Waals surface area contributed by atoms with Gasteiger partial charge in [0.05, 0.1) is 18.3 Å². The highest BCUT2D eigenvalue weighted by atomic mass is 32.2. The average Bonchev–Trinajstić information content (AvgIpc) is 2.67. The van der Waals surface area contributed by atoms with E-state index in [2.05, 4.69) is 13.2 Å². The first-order valence-electron chi connectivity index (χ1n) is 10.4. The van der Waals surface area contributed by atoms with Crippen molar-refractivity contribution in [3.63, 3.8) is 0 Å². The highest BCUT2D eigenvalue weighted by Crippen LogP contribution is 2.70. The maximum absolute atomic E-state index is 13.7. The summed E-state index contributed by atoms with van der Waals surface area (Å²) in [6, 6.07) is 0. The summed E-state index contributed by atoms with van der Waals surface area (Å²) in [7, 11) is -3.65. The second-order valence-corrected chi connectivity index (χ2v) is 11.6. The molecule has 5 saturated carbocycles. The third kappa shape index (κ3) is 2.63. The maximum Gasteiger partial charge on any atom is 0.264 e. The van der Waals surface area contributed by atoms with Crippen LogP contribution < -0.4 is 0 Å². The quantitative estimate of drug-likeness (QED) is 0.425. The van der Waals surface area contributed by atoms with Gasteiger partial charge in [-0.2, -0.15) is 8.42 Å². The van der Waals surface area contributed by atoms with Gasteiger partial charge in [-0.05, 0) is 60.5 Å². The Kier molecular flexibility index (Phi) is 4.58. The fraction of sp³-hybridized carbons (Fsp3) is 0.727. The number of ketones is 2. The molecule has 0 aromatic heterocycles. The number of Topliss-reactive ketones (excluding diaryl/α,β-unsaturated/α-hetero) is 2. The number of rotatable bonds is 4. The van der Waals surface area contributed by atoms with Crippen molar-refractivity contribution in [1.29, 1.82) is 0 Å². The average molecular weight is 423 g/mol. The molecule has 1 N–H and O–H groups in total.